The molecule has 15 heavy (non-hydrogen) atoms. The minimum absolute atomic E-state index is 0.346. The molecule has 0 saturated carbocycles. The topological polar surface area (TPSA) is 46.5 Å². The van der Waals surface area contributed by atoms with E-state index in [1.165, 1.54) is 7.11 Å². The Labute approximate surface area is 97.2 Å². The molecule has 3 nitrogen and oxygen atoms in total. The molecule has 0 spiro atoms. The van der Waals surface area contributed by atoms with Crippen LogP contribution in [-0.2, 0) is 16.0 Å². The quantitative estimate of drug-likeness (QED) is 0.916. The van der Waals surface area contributed by atoms with E-state index in [-0.39, 0.29) is 0 Å². The van der Waals surface area contributed by atoms with E-state index in [1.807, 2.05) is 24.3 Å². The summed E-state index contributed by atoms with van der Waals surface area (Å²) in [7, 11) is 1.41. The minimum atomic E-state index is -1.17. The van der Waals surface area contributed by atoms with E-state index in [4.69, 9.17) is 9.84 Å². The van der Waals surface area contributed by atoms with Gasteiger partial charge in [0.15, 0.2) is 5.60 Å². The average Bonchev–Trinajstić information content (AvgIpc) is 2.17. The molecule has 1 aromatic carbocycles. The number of carboxylic acid groups (broad SMARTS) is 1. The van der Waals surface area contributed by atoms with Crippen LogP contribution in [0.15, 0.2) is 28.7 Å². The third-order valence-corrected chi connectivity index (χ3v) is 2.83. The molecule has 0 aliphatic rings. The highest BCUT2D eigenvalue weighted by molar-refractivity contribution is 9.10. The molecular formula is C11H13BrO3. The van der Waals surface area contributed by atoms with Crippen LogP contribution in [0.2, 0.25) is 0 Å². The first kappa shape index (κ1) is 12.2. The summed E-state index contributed by atoms with van der Waals surface area (Å²) in [5.74, 6) is -0.954. The highest BCUT2D eigenvalue weighted by Gasteiger charge is 2.33. The fraction of sp³-hybridized carbons (Fsp3) is 0.364. The van der Waals surface area contributed by atoms with Crippen molar-refractivity contribution in [3.05, 3.63) is 34.3 Å². The van der Waals surface area contributed by atoms with Gasteiger partial charge in [0.25, 0.3) is 0 Å². The Balaban J connectivity index is 2.89. The van der Waals surface area contributed by atoms with Crippen molar-refractivity contribution in [1.29, 1.82) is 0 Å². The van der Waals surface area contributed by atoms with Crippen molar-refractivity contribution in [2.75, 3.05) is 7.11 Å². The van der Waals surface area contributed by atoms with Gasteiger partial charge in [0.2, 0.25) is 0 Å². The molecule has 0 aliphatic carbocycles. The van der Waals surface area contributed by atoms with Gasteiger partial charge in [-0.25, -0.2) is 4.79 Å². The van der Waals surface area contributed by atoms with Crippen LogP contribution in [0.1, 0.15) is 12.5 Å². The summed E-state index contributed by atoms with van der Waals surface area (Å²) in [5.41, 5.74) is -0.239. The van der Waals surface area contributed by atoms with Gasteiger partial charge in [-0.05, 0) is 24.6 Å². The van der Waals surface area contributed by atoms with Gasteiger partial charge >= 0.3 is 5.97 Å². The molecule has 1 unspecified atom stereocenters. The second kappa shape index (κ2) is 4.77. The molecule has 0 fully saturated rings. The van der Waals surface area contributed by atoms with Crippen LogP contribution in [0.3, 0.4) is 0 Å². The van der Waals surface area contributed by atoms with Crippen molar-refractivity contribution in [3.63, 3.8) is 0 Å². The summed E-state index contributed by atoms with van der Waals surface area (Å²) in [6.45, 7) is 1.57. The highest BCUT2D eigenvalue weighted by atomic mass is 79.9. The van der Waals surface area contributed by atoms with E-state index in [0.29, 0.717) is 6.42 Å². The number of aliphatic carboxylic acids is 1. The summed E-state index contributed by atoms with van der Waals surface area (Å²) in [4.78, 5) is 11.0. The predicted octanol–water partition coefficient (Wildman–Crippen LogP) is 2.48. The summed E-state index contributed by atoms with van der Waals surface area (Å²) in [6, 6.07) is 7.54. The first-order valence-electron chi connectivity index (χ1n) is 4.51. The smallest absolute Gasteiger partial charge is 0.336 e. The number of benzene rings is 1. The Morgan fingerprint density at radius 3 is 2.73 bits per heavy atom. The Hall–Kier alpha value is -0.870. The number of carboxylic acids is 1. The number of hydrogen-bond donors (Lipinski definition) is 1. The average molecular weight is 273 g/mol. The summed E-state index contributed by atoms with van der Waals surface area (Å²) in [6.07, 6.45) is 0.346. The molecule has 1 rings (SSSR count). The maximum atomic E-state index is 11.0. The van der Waals surface area contributed by atoms with Gasteiger partial charge in [-0.1, -0.05) is 28.1 Å². The van der Waals surface area contributed by atoms with Crippen molar-refractivity contribution < 1.29 is 14.6 Å². The Morgan fingerprint density at radius 2 is 2.27 bits per heavy atom. The molecular weight excluding hydrogens is 260 g/mol. The summed E-state index contributed by atoms with van der Waals surface area (Å²) >= 11 is 3.34. The lowest BCUT2D eigenvalue weighted by molar-refractivity contribution is -0.159. The first-order chi connectivity index (χ1) is 6.98. The van der Waals surface area contributed by atoms with Crippen LogP contribution in [0.4, 0.5) is 0 Å². The molecule has 0 heterocycles. The second-order valence-corrected chi connectivity index (χ2v) is 4.46. The third kappa shape index (κ3) is 3.04. The lowest BCUT2D eigenvalue weighted by atomic mass is 9.96. The van der Waals surface area contributed by atoms with Gasteiger partial charge in [-0.15, -0.1) is 0 Å². The number of rotatable bonds is 4. The number of halogens is 1. The lowest BCUT2D eigenvalue weighted by Gasteiger charge is -2.23. The van der Waals surface area contributed by atoms with Crippen LogP contribution in [0.5, 0.6) is 0 Å². The van der Waals surface area contributed by atoms with Gasteiger partial charge in [-0.3, -0.25) is 0 Å². The van der Waals surface area contributed by atoms with E-state index in [9.17, 15) is 4.79 Å². The normalized spacial score (nSPS) is 14.6. The van der Waals surface area contributed by atoms with E-state index in [0.717, 1.165) is 10.0 Å². The largest absolute Gasteiger partial charge is 0.479 e. The van der Waals surface area contributed by atoms with E-state index in [1.54, 1.807) is 6.92 Å². The van der Waals surface area contributed by atoms with Crippen molar-refractivity contribution >= 4 is 21.9 Å². The SMILES string of the molecule is COC(C)(Cc1cccc(Br)c1)C(=O)O. The fourth-order valence-electron chi connectivity index (χ4n) is 1.27. The van der Waals surface area contributed by atoms with Crippen LogP contribution in [0.25, 0.3) is 0 Å². The zero-order chi connectivity index (χ0) is 11.5. The summed E-state index contributed by atoms with van der Waals surface area (Å²) in [5, 5.41) is 9.03. The van der Waals surface area contributed by atoms with Gasteiger partial charge in [0, 0.05) is 18.0 Å². The van der Waals surface area contributed by atoms with E-state index < -0.39 is 11.6 Å². The number of ether oxygens (including phenoxy) is 1. The van der Waals surface area contributed by atoms with Crippen molar-refractivity contribution in [1.82, 2.24) is 0 Å². The number of methoxy groups -OCH3 is 1. The van der Waals surface area contributed by atoms with Crippen LogP contribution >= 0.6 is 15.9 Å². The molecule has 0 aromatic heterocycles. The standard InChI is InChI=1S/C11H13BrO3/c1-11(15-2,10(13)14)7-8-4-3-5-9(12)6-8/h3-6H,7H2,1-2H3,(H,13,14). The molecule has 1 N–H and O–H groups in total. The molecule has 0 bridgehead atoms. The molecule has 4 heteroatoms. The second-order valence-electron chi connectivity index (χ2n) is 3.55. The van der Waals surface area contributed by atoms with Gasteiger partial charge < -0.3 is 9.84 Å². The van der Waals surface area contributed by atoms with E-state index in [2.05, 4.69) is 15.9 Å². The maximum Gasteiger partial charge on any atom is 0.336 e. The maximum absolute atomic E-state index is 11.0. The number of hydrogen-bond acceptors (Lipinski definition) is 2. The molecule has 0 saturated heterocycles. The molecule has 0 radical (unpaired) electrons. The Kier molecular flexibility index (Phi) is 3.88. The Bertz CT molecular complexity index is 365. The molecule has 1 atom stereocenters. The van der Waals surface area contributed by atoms with Crippen molar-refractivity contribution in [2.24, 2.45) is 0 Å². The fourth-order valence-corrected chi connectivity index (χ4v) is 1.72. The zero-order valence-corrected chi connectivity index (χ0v) is 10.2. The highest BCUT2D eigenvalue weighted by Crippen LogP contribution is 2.20. The predicted molar refractivity (Wildman–Crippen MR) is 60.9 cm³/mol. The monoisotopic (exact) mass is 272 g/mol. The van der Waals surface area contributed by atoms with E-state index >= 15 is 0 Å². The first-order valence-corrected chi connectivity index (χ1v) is 5.30. The molecule has 0 aliphatic heterocycles. The lowest BCUT2D eigenvalue weighted by Crippen LogP contribution is -2.39. The third-order valence-electron chi connectivity index (χ3n) is 2.33. The minimum Gasteiger partial charge on any atom is -0.479 e. The van der Waals surface area contributed by atoms with Gasteiger partial charge in [0.05, 0.1) is 0 Å². The van der Waals surface area contributed by atoms with Gasteiger partial charge in [0.1, 0.15) is 0 Å². The molecule has 1 aromatic rings. The van der Waals surface area contributed by atoms with Crippen LogP contribution < -0.4 is 0 Å². The molecule has 0 amide bonds. The number of carbonyl (C=O) groups is 1. The van der Waals surface area contributed by atoms with Crippen molar-refractivity contribution in [2.45, 2.75) is 18.9 Å². The van der Waals surface area contributed by atoms with Crippen LogP contribution in [0, 0.1) is 0 Å². The van der Waals surface area contributed by atoms with Gasteiger partial charge in [-0.2, -0.15) is 0 Å². The van der Waals surface area contributed by atoms with Crippen molar-refractivity contribution in [3.8, 4) is 0 Å². The zero-order valence-electron chi connectivity index (χ0n) is 8.66. The Morgan fingerprint density at radius 1 is 1.60 bits per heavy atom. The molecule has 82 valence electrons. The van der Waals surface area contributed by atoms with Crippen LogP contribution in [-0.4, -0.2) is 23.8 Å². The summed E-state index contributed by atoms with van der Waals surface area (Å²) < 4.78 is 5.96.